The van der Waals surface area contributed by atoms with Gasteiger partial charge in [-0.2, -0.15) is 0 Å². The van der Waals surface area contributed by atoms with Crippen molar-refractivity contribution in [2.75, 3.05) is 13.2 Å². The molecule has 0 amide bonds. The summed E-state index contributed by atoms with van der Waals surface area (Å²) in [5.74, 6) is -0.797. The van der Waals surface area contributed by atoms with Gasteiger partial charge in [0.2, 0.25) is 6.54 Å². The van der Waals surface area contributed by atoms with Crippen molar-refractivity contribution in [2.45, 2.75) is 57.5 Å². The summed E-state index contributed by atoms with van der Waals surface area (Å²) in [4.78, 5) is 20.9. The fourth-order valence-electron chi connectivity index (χ4n) is 3.68. The zero-order chi connectivity index (χ0) is 16.5. The molecular formula is C15H27NO6. The van der Waals surface area contributed by atoms with Crippen LogP contribution < -0.4 is 0 Å². The molecular weight excluding hydrogens is 290 g/mol. The van der Waals surface area contributed by atoms with E-state index in [0.29, 0.717) is 6.42 Å². The molecule has 1 rings (SSSR count). The largest absolute Gasteiger partial charge is 0.481 e. The summed E-state index contributed by atoms with van der Waals surface area (Å²) < 4.78 is 0. The Kier molecular flexibility index (Phi) is 8.34. The van der Waals surface area contributed by atoms with Crippen LogP contribution in [0.25, 0.3) is 0 Å². The third-order valence-corrected chi connectivity index (χ3v) is 4.77. The topological polar surface area (TPSA) is 121 Å². The summed E-state index contributed by atoms with van der Waals surface area (Å²) in [6.07, 6.45) is 4.91. The van der Waals surface area contributed by atoms with Gasteiger partial charge in [0, 0.05) is 17.3 Å². The predicted molar refractivity (Wildman–Crippen MR) is 80.0 cm³/mol. The van der Waals surface area contributed by atoms with E-state index in [4.69, 9.17) is 10.2 Å². The second kappa shape index (κ2) is 9.74. The van der Waals surface area contributed by atoms with Crippen molar-refractivity contribution in [1.82, 2.24) is 0 Å². The van der Waals surface area contributed by atoms with Gasteiger partial charge in [0.1, 0.15) is 0 Å². The quantitative estimate of drug-likeness (QED) is 0.303. The highest BCUT2D eigenvalue weighted by molar-refractivity contribution is 5.66. The second-order valence-corrected chi connectivity index (χ2v) is 6.28. The van der Waals surface area contributed by atoms with E-state index >= 15 is 0 Å². The van der Waals surface area contributed by atoms with E-state index in [0.717, 1.165) is 38.5 Å². The Morgan fingerprint density at radius 1 is 1.23 bits per heavy atom. The number of hydrogen-bond acceptors (Lipinski definition) is 5. The van der Waals surface area contributed by atoms with Crippen LogP contribution in [0.4, 0.5) is 0 Å². The molecule has 1 saturated carbocycles. The van der Waals surface area contributed by atoms with E-state index in [9.17, 15) is 20.0 Å². The molecule has 0 bridgehead atoms. The number of aliphatic hydroxyl groups is 2. The van der Waals surface area contributed by atoms with Crippen LogP contribution in [0, 0.1) is 27.9 Å². The average Bonchev–Trinajstić information content (AvgIpc) is 2.83. The van der Waals surface area contributed by atoms with Crippen LogP contribution in [0.2, 0.25) is 0 Å². The standard InChI is InChI=1S/C15H27NO6/c17-10-14(18)13-8-7-11(9-16(21)22)12(13)5-3-1-2-4-6-15(19)20/h11-14,17-18H,1-10H2,(H,19,20). The molecule has 4 unspecified atom stereocenters. The molecule has 7 nitrogen and oxygen atoms in total. The summed E-state index contributed by atoms with van der Waals surface area (Å²) >= 11 is 0. The highest BCUT2D eigenvalue weighted by atomic mass is 16.6. The third kappa shape index (κ3) is 6.27. The highest BCUT2D eigenvalue weighted by Crippen LogP contribution is 2.42. The maximum absolute atomic E-state index is 10.8. The van der Waals surface area contributed by atoms with Crippen molar-refractivity contribution >= 4 is 5.97 Å². The maximum atomic E-state index is 10.8. The molecule has 7 heteroatoms. The number of carboxylic acids is 1. The summed E-state index contributed by atoms with van der Waals surface area (Å²) in [7, 11) is 0. The van der Waals surface area contributed by atoms with Crippen LogP contribution in [-0.2, 0) is 4.79 Å². The van der Waals surface area contributed by atoms with Crippen molar-refractivity contribution in [1.29, 1.82) is 0 Å². The smallest absolute Gasteiger partial charge is 0.303 e. The van der Waals surface area contributed by atoms with Crippen LogP contribution in [0.3, 0.4) is 0 Å². The number of carbonyl (C=O) groups is 1. The molecule has 1 fully saturated rings. The number of unbranched alkanes of at least 4 members (excludes halogenated alkanes) is 3. The Morgan fingerprint density at radius 2 is 1.91 bits per heavy atom. The Balaban J connectivity index is 2.41. The normalized spacial score (nSPS) is 26.0. The molecule has 0 aliphatic heterocycles. The number of aliphatic hydroxyl groups excluding tert-OH is 2. The fraction of sp³-hybridized carbons (Fsp3) is 0.933. The zero-order valence-electron chi connectivity index (χ0n) is 12.9. The number of rotatable bonds is 11. The average molecular weight is 317 g/mol. The van der Waals surface area contributed by atoms with Gasteiger partial charge in [-0.15, -0.1) is 0 Å². The van der Waals surface area contributed by atoms with Crippen molar-refractivity contribution in [3.05, 3.63) is 10.1 Å². The molecule has 4 atom stereocenters. The monoisotopic (exact) mass is 317 g/mol. The van der Waals surface area contributed by atoms with E-state index < -0.39 is 12.1 Å². The lowest BCUT2D eigenvalue weighted by Crippen LogP contribution is -2.31. The van der Waals surface area contributed by atoms with Gasteiger partial charge >= 0.3 is 5.97 Å². The molecule has 3 N–H and O–H groups in total. The van der Waals surface area contributed by atoms with Gasteiger partial charge in [-0.3, -0.25) is 14.9 Å². The van der Waals surface area contributed by atoms with Crippen LogP contribution >= 0.6 is 0 Å². The molecule has 0 heterocycles. The molecule has 0 aromatic heterocycles. The lowest BCUT2D eigenvalue weighted by atomic mass is 9.82. The number of hydrogen-bond donors (Lipinski definition) is 3. The van der Waals surface area contributed by atoms with Crippen molar-refractivity contribution in [3.63, 3.8) is 0 Å². The Labute approximate surface area is 130 Å². The van der Waals surface area contributed by atoms with Crippen LogP contribution in [0.1, 0.15) is 51.4 Å². The highest BCUT2D eigenvalue weighted by Gasteiger charge is 2.41. The number of nitro groups is 1. The van der Waals surface area contributed by atoms with E-state index in [1.54, 1.807) is 0 Å². The van der Waals surface area contributed by atoms with Gasteiger partial charge in [-0.05, 0) is 37.5 Å². The van der Waals surface area contributed by atoms with Gasteiger partial charge in [-0.1, -0.05) is 19.3 Å². The minimum Gasteiger partial charge on any atom is -0.481 e. The molecule has 1 aliphatic rings. The molecule has 0 radical (unpaired) electrons. The molecule has 128 valence electrons. The van der Waals surface area contributed by atoms with Crippen LogP contribution in [-0.4, -0.2) is 45.5 Å². The molecule has 0 saturated heterocycles. The van der Waals surface area contributed by atoms with Gasteiger partial charge < -0.3 is 15.3 Å². The van der Waals surface area contributed by atoms with E-state index in [1.807, 2.05) is 0 Å². The summed E-state index contributed by atoms with van der Waals surface area (Å²) in [5.41, 5.74) is 0. The first-order valence-electron chi connectivity index (χ1n) is 8.08. The summed E-state index contributed by atoms with van der Waals surface area (Å²) in [6, 6.07) is 0. The van der Waals surface area contributed by atoms with Gasteiger partial charge in [-0.25, -0.2) is 0 Å². The predicted octanol–water partition coefficient (Wildman–Crippen LogP) is 1.68. The number of aliphatic carboxylic acids is 1. The Bertz CT molecular complexity index is 362. The van der Waals surface area contributed by atoms with Crippen LogP contribution in [0.5, 0.6) is 0 Å². The first kappa shape index (κ1) is 18.8. The van der Waals surface area contributed by atoms with Crippen molar-refractivity contribution < 1.29 is 25.0 Å². The van der Waals surface area contributed by atoms with Crippen LogP contribution in [0.15, 0.2) is 0 Å². The first-order chi connectivity index (χ1) is 10.5. The van der Waals surface area contributed by atoms with E-state index in [2.05, 4.69) is 0 Å². The second-order valence-electron chi connectivity index (χ2n) is 6.28. The van der Waals surface area contributed by atoms with E-state index in [-0.39, 0.29) is 42.2 Å². The Morgan fingerprint density at radius 3 is 2.50 bits per heavy atom. The molecule has 0 aromatic rings. The van der Waals surface area contributed by atoms with Crippen molar-refractivity contribution in [2.24, 2.45) is 17.8 Å². The Hall–Kier alpha value is -1.21. The number of nitrogens with zero attached hydrogens (tertiary/aromatic N) is 1. The maximum Gasteiger partial charge on any atom is 0.303 e. The van der Waals surface area contributed by atoms with Gasteiger partial charge in [0.25, 0.3) is 0 Å². The molecule has 0 aromatic carbocycles. The lowest BCUT2D eigenvalue weighted by molar-refractivity contribution is -0.489. The minimum atomic E-state index is -0.797. The van der Waals surface area contributed by atoms with Crippen molar-refractivity contribution in [3.8, 4) is 0 Å². The summed E-state index contributed by atoms with van der Waals surface area (Å²) in [5, 5.41) is 38.4. The lowest BCUT2D eigenvalue weighted by Gasteiger charge is -2.26. The van der Waals surface area contributed by atoms with E-state index in [1.165, 1.54) is 0 Å². The molecule has 1 aliphatic carbocycles. The van der Waals surface area contributed by atoms with Gasteiger partial charge in [0.15, 0.2) is 0 Å². The minimum absolute atomic E-state index is 0.0276. The third-order valence-electron chi connectivity index (χ3n) is 4.77. The summed E-state index contributed by atoms with van der Waals surface area (Å²) in [6.45, 7) is -0.372. The zero-order valence-corrected chi connectivity index (χ0v) is 12.9. The SMILES string of the molecule is O=C(O)CCCCCCC1C(C[N+](=O)[O-])CCC1C(O)CO. The van der Waals surface area contributed by atoms with Gasteiger partial charge in [0.05, 0.1) is 12.7 Å². The molecule has 22 heavy (non-hydrogen) atoms. The molecule has 0 spiro atoms. The first-order valence-corrected chi connectivity index (χ1v) is 8.08. The number of carboxylic acid groups (broad SMARTS) is 1. The fourth-order valence-corrected chi connectivity index (χ4v) is 3.68.